The quantitative estimate of drug-likeness (QED) is 0.0643. The van der Waals surface area contributed by atoms with E-state index in [1.807, 2.05) is 32.9 Å². The lowest BCUT2D eigenvalue weighted by Gasteiger charge is -2.25. The normalized spacial score (nSPS) is 13.4. The monoisotopic (exact) mass is 774 g/mol. The molecule has 0 aliphatic rings. The van der Waals surface area contributed by atoms with Crippen molar-refractivity contribution in [1.29, 1.82) is 0 Å². The van der Waals surface area contributed by atoms with E-state index in [9.17, 15) is 19.8 Å². The second-order valence-corrected chi connectivity index (χ2v) is 13.9. The molecule has 0 saturated heterocycles. The summed E-state index contributed by atoms with van der Waals surface area (Å²) in [5.41, 5.74) is 16.5. The third kappa shape index (κ3) is 10.9. The number of rotatable bonds is 20. The molecule has 4 unspecified atom stereocenters. The van der Waals surface area contributed by atoms with Gasteiger partial charge in [-0.1, -0.05) is 63.1 Å². The fraction of sp³-hybridized carbons (Fsp3) is 0.463. The number of nitrogens with one attached hydrogen (secondary N) is 2. The number of methoxy groups -OCH3 is 2. The summed E-state index contributed by atoms with van der Waals surface area (Å²) >= 11 is 0. The van der Waals surface area contributed by atoms with Crippen molar-refractivity contribution in [1.82, 2.24) is 19.9 Å². The minimum atomic E-state index is -1.20. The third-order valence-corrected chi connectivity index (χ3v) is 9.88. The van der Waals surface area contributed by atoms with Gasteiger partial charge in [0, 0.05) is 48.0 Å². The number of nitrogens with zero attached hydrogens (tertiary/aromatic N) is 4. The molecule has 0 amide bonds. The Balaban J connectivity index is 1.72. The zero-order valence-electron chi connectivity index (χ0n) is 33.1. The smallest absolute Gasteiger partial charge is 0.314 e. The minimum Gasteiger partial charge on any atom is -0.469 e. The SMILES string of the molecule is CCCC(CO)Nc1nc(N)nc(C)c1Cc1ccc(C(C(=O)OC)C(C(=O)OC)c2ccc(F)c(Cc3c(C)nc(N)nc3NC(CCC)CCO)c2)cc1. The Kier molecular flexibility index (Phi) is 15.9. The van der Waals surface area contributed by atoms with Crippen molar-refractivity contribution in [2.45, 2.75) is 96.6 Å². The van der Waals surface area contributed by atoms with Crippen LogP contribution in [0, 0.1) is 19.7 Å². The number of esters is 2. The van der Waals surface area contributed by atoms with E-state index in [-0.39, 0.29) is 49.2 Å². The molecule has 56 heavy (non-hydrogen) atoms. The predicted molar refractivity (Wildman–Crippen MR) is 214 cm³/mol. The van der Waals surface area contributed by atoms with Gasteiger partial charge in [0.2, 0.25) is 11.9 Å². The number of nitrogen functional groups attached to an aromatic ring is 2. The average molecular weight is 775 g/mol. The Morgan fingerprint density at radius 2 is 1.23 bits per heavy atom. The van der Waals surface area contributed by atoms with Gasteiger partial charge in [0.1, 0.15) is 17.5 Å². The molecule has 0 bridgehead atoms. The number of aliphatic hydroxyl groups is 2. The maximum Gasteiger partial charge on any atom is 0.314 e. The molecule has 4 rings (SSSR count). The maximum absolute atomic E-state index is 15.7. The van der Waals surface area contributed by atoms with Gasteiger partial charge in [-0.25, -0.2) is 14.4 Å². The van der Waals surface area contributed by atoms with Crippen LogP contribution in [0.4, 0.5) is 27.9 Å². The molecular weight excluding hydrogens is 719 g/mol. The fourth-order valence-corrected chi connectivity index (χ4v) is 6.98. The van der Waals surface area contributed by atoms with Gasteiger partial charge < -0.3 is 41.8 Å². The number of aromatic nitrogens is 4. The summed E-state index contributed by atoms with van der Waals surface area (Å²) in [6, 6.07) is 11.1. The zero-order valence-corrected chi connectivity index (χ0v) is 33.1. The van der Waals surface area contributed by atoms with Crippen molar-refractivity contribution in [3.8, 4) is 0 Å². The Labute approximate surface area is 327 Å². The summed E-state index contributed by atoms with van der Waals surface area (Å²) < 4.78 is 26.1. The van der Waals surface area contributed by atoms with Crippen LogP contribution in [0.15, 0.2) is 42.5 Å². The van der Waals surface area contributed by atoms with E-state index in [4.69, 9.17) is 20.9 Å². The summed E-state index contributed by atoms with van der Waals surface area (Å²) in [5.74, 6) is -3.14. The molecule has 0 spiro atoms. The summed E-state index contributed by atoms with van der Waals surface area (Å²) in [7, 11) is 2.47. The Morgan fingerprint density at radius 1 is 0.732 bits per heavy atom. The number of anilines is 4. The molecule has 0 radical (unpaired) electrons. The minimum absolute atomic E-state index is 0.0250. The van der Waals surface area contributed by atoms with Crippen LogP contribution in [-0.4, -0.2) is 81.6 Å². The molecule has 14 nitrogen and oxygen atoms in total. The van der Waals surface area contributed by atoms with E-state index < -0.39 is 29.6 Å². The van der Waals surface area contributed by atoms with Gasteiger partial charge in [0.15, 0.2) is 0 Å². The zero-order chi connectivity index (χ0) is 40.9. The van der Waals surface area contributed by atoms with E-state index in [1.165, 1.54) is 26.4 Å². The molecule has 0 fully saturated rings. The van der Waals surface area contributed by atoms with Crippen LogP contribution in [0.2, 0.25) is 0 Å². The van der Waals surface area contributed by atoms with E-state index in [0.717, 1.165) is 36.8 Å². The second kappa shape index (κ2) is 20.5. The maximum atomic E-state index is 15.7. The van der Waals surface area contributed by atoms with Crippen molar-refractivity contribution in [2.75, 3.05) is 49.5 Å². The van der Waals surface area contributed by atoms with E-state index >= 15 is 4.39 Å². The Bertz CT molecular complexity index is 1940. The van der Waals surface area contributed by atoms with Gasteiger partial charge in [-0.2, -0.15) is 9.97 Å². The van der Waals surface area contributed by atoms with Gasteiger partial charge in [-0.15, -0.1) is 0 Å². The number of nitrogens with two attached hydrogens (primary N) is 2. The highest BCUT2D eigenvalue weighted by Gasteiger charge is 2.38. The van der Waals surface area contributed by atoms with Crippen LogP contribution in [0.5, 0.6) is 0 Å². The molecule has 0 aliphatic heterocycles. The predicted octanol–water partition coefficient (Wildman–Crippen LogP) is 5.12. The number of aliphatic hydroxyl groups excluding tert-OH is 2. The lowest BCUT2D eigenvalue weighted by molar-refractivity contribution is -0.150. The first kappa shape index (κ1) is 43.3. The lowest BCUT2D eigenvalue weighted by Crippen LogP contribution is -2.28. The first-order chi connectivity index (χ1) is 26.9. The molecule has 4 atom stereocenters. The van der Waals surface area contributed by atoms with Crippen molar-refractivity contribution in [3.05, 3.63) is 93.1 Å². The molecule has 2 aromatic carbocycles. The number of benzene rings is 2. The number of halogens is 1. The van der Waals surface area contributed by atoms with E-state index in [2.05, 4.69) is 30.6 Å². The summed E-state index contributed by atoms with van der Waals surface area (Å²) in [6.45, 7) is 7.57. The molecule has 15 heteroatoms. The van der Waals surface area contributed by atoms with Crippen LogP contribution in [0.25, 0.3) is 0 Å². The first-order valence-corrected chi connectivity index (χ1v) is 18.9. The molecular formula is C41H55FN8O6. The van der Waals surface area contributed by atoms with Crippen LogP contribution >= 0.6 is 0 Å². The third-order valence-electron chi connectivity index (χ3n) is 9.88. The van der Waals surface area contributed by atoms with Crippen molar-refractivity contribution < 1.29 is 33.7 Å². The lowest BCUT2D eigenvalue weighted by atomic mass is 9.80. The van der Waals surface area contributed by atoms with Gasteiger partial charge in [-0.05, 0) is 61.4 Å². The fourth-order valence-electron chi connectivity index (χ4n) is 6.98. The van der Waals surface area contributed by atoms with Crippen molar-refractivity contribution in [3.63, 3.8) is 0 Å². The van der Waals surface area contributed by atoms with Crippen LogP contribution in [0.3, 0.4) is 0 Å². The average Bonchev–Trinajstić information content (AvgIpc) is 3.17. The second-order valence-electron chi connectivity index (χ2n) is 13.9. The molecule has 2 heterocycles. The number of hydrogen-bond donors (Lipinski definition) is 6. The molecule has 8 N–H and O–H groups in total. The van der Waals surface area contributed by atoms with Crippen LogP contribution in [0.1, 0.15) is 103 Å². The standard InChI is InChI=1S/C41H55FN8O6/c1-7-9-29(17-18-51)47-37-32(24(4)46-41(44)50-37)21-28-20-27(15-16-33(28)42)35(39(54)56-6)34(38(53)55-5)26-13-11-25(12-14-26)19-31-23(3)45-40(43)49-36(31)48-30(22-52)10-8-2/h11-16,20,29-30,34-35,51-52H,7-10,17-19,21-22H2,1-6H3,(H3,43,45,48,49)(H3,44,46,47,50). The summed E-state index contributed by atoms with van der Waals surface area (Å²) in [5, 5.41) is 26.2. The highest BCUT2D eigenvalue weighted by Crippen LogP contribution is 2.37. The molecule has 0 aliphatic carbocycles. The van der Waals surface area contributed by atoms with Crippen molar-refractivity contribution in [2.24, 2.45) is 0 Å². The molecule has 0 saturated carbocycles. The topological polar surface area (TPSA) is 221 Å². The van der Waals surface area contributed by atoms with Crippen molar-refractivity contribution >= 4 is 35.5 Å². The number of ether oxygens (including phenoxy) is 2. The number of aryl methyl sites for hydroxylation is 2. The Morgan fingerprint density at radius 3 is 1.75 bits per heavy atom. The van der Waals surface area contributed by atoms with Crippen LogP contribution in [-0.2, 0) is 31.9 Å². The van der Waals surface area contributed by atoms with Gasteiger partial charge in [0.05, 0.1) is 38.7 Å². The molecule has 4 aromatic rings. The van der Waals surface area contributed by atoms with Gasteiger partial charge in [0.25, 0.3) is 0 Å². The first-order valence-electron chi connectivity index (χ1n) is 18.9. The number of carbonyl (C=O) groups is 2. The van der Waals surface area contributed by atoms with E-state index in [0.29, 0.717) is 52.6 Å². The summed E-state index contributed by atoms with van der Waals surface area (Å²) in [6.07, 6.45) is 4.16. The molecule has 2 aromatic heterocycles. The van der Waals surface area contributed by atoms with Gasteiger partial charge >= 0.3 is 11.9 Å². The number of carbonyl (C=O) groups excluding carboxylic acids is 2. The molecule has 302 valence electrons. The van der Waals surface area contributed by atoms with E-state index in [1.54, 1.807) is 25.1 Å². The highest BCUT2D eigenvalue weighted by atomic mass is 19.1. The van der Waals surface area contributed by atoms with Crippen LogP contribution < -0.4 is 22.1 Å². The highest BCUT2D eigenvalue weighted by molar-refractivity contribution is 5.90. The largest absolute Gasteiger partial charge is 0.469 e. The Hall–Kier alpha value is -5.41. The van der Waals surface area contributed by atoms with Gasteiger partial charge in [-0.3, -0.25) is 9.59 Å². The number of hydrogen-bond acceptors (Lipinski definition) is 14. The summed E-state index contributed by atoms with van der Waals surface area (Å²) in [4.78, 5) is 44.7.